The molecule has 1 heterocycles. The second-order valence-corrected chi connectivity index (χ2v) is 26.0. The highest BCUT2D eigenvalue weighted by Gasteiger charge is 2.25. The van der Waals surface area contributed by atoms with Crippen molar-refractivity contribution in [3.63, 3.8) is 0 Å². The number of nitro groups is 1. The van der Waals surface area contributed by atoms with E-state index in [0.29, 0.717) is 53.0 Å². The number of allylic oxidation sites excluding steroid dienone is 1. The Morgan fingerprint density at radius 1 is 0.519 bits per heavy atom. The molecule has 0 aliphatic heterocycles. The van der Waals surface area contributed by atoms with Crippen molar-refractivity contribution in [3.05, 3.63) is 64.8 Å². The van der Waals surface area contributed by atoms with Gasteiger partial charge in [0.05, 0.1) is 28.0 Å². The predicted molar refractivity (Wildman–Crippen MR) is 341 cm³/mol. The van der Waals surface area contributed by atoms with Crippen molar-refractivity contribution in [2.24, 2.45) is 76.0 Å². The van der Waals surface area contributed by atoms with Crippen LogP contribution in [0.3, 0.4) is 0 Å². The molecule has 2 aromatic rings. The van der Waals surface area contributed by atoms with Gasteiger partial charge in [0.1, 0.15) is 11.6 Å². The number of aliphatic imine (C=N–C) groups is 1. The monoisotopic (exact) mass is 1150 g/mol. The Labute approximate surface area is 492 Å². The van der Waals surface area contributed by atoms with Gasteiger partial charge >= 0.3 is 0 Å². The lowest BCUT2D eigenvalue weighted by Crippen LogP contribution is -2.41. The third-order valence-electron chi connectivity index (χ3n) is 11.5. The first-order valence-electron chi connectivity index (χ1n) is 28.9. The molecule has 0 radical (unpaired) electrons. The summed E-state index contributed by atoms with van der Waals surface area (Å²) in [6, 6.07) is 0. The fraction of sp³-hybridized carbons (Fsp3) is 0.766. The number of nitriles is 1. The zero-order chi connectivity index (χ0) is 64.3. The van der Waals surface area contributed by atoms with Gasteiger partial charge in [-0.05, 0) is 70.0 Å². The summed E-state index contributed by atoms with van der Waals surface area (Å²) in [6.45, 7) is 63.8. The summed E-state index contributed by atoms with van der Waals surface area (Å²) in [6.07, 6.45) is 3.67. The zero-order valence-electron chi connectivity index (χ0n) is 55.8. The van der Waals surface area contributed by atoms with E-state index in [1.54, 1.807) is 27.7 Å². The molecule has 0 saturated heterocycles. The minimum atomic E-state index is -0.380. The molecule has 2 rings (SSSR count). The number of aromatic nitrogens is 2. The Kier molecular flexibility index (Phi) is 49.3. The van der Waals surface area contributed by atoms with Crippen molar-refractivity contribution in [1.29, 1.82) is 5.26 Å². The highest BCUT2D eigenvalue weighted by Crippen LogP contribution is 2.24. The van der Waals surface area contributed by atoms with E-state index in [0.717, 1.165) is 35.0 Å². The van der Waals surface area contributed by atoms with Crippen molar-refractivity contribution in [2.45, 2.75) is 252 Å². The number of Topliss-reactive ketones (excluding diaryl/α,β-unsaturated/α-hetero) is 4. The van der Waals surface area contributed by atoms with E-state index in [1.807, 2.05) is 103 Å². The topological polar surface area (TPSA) is 207 Å². The second kappa shape index (κ2) is 45.3. The summed E-state index contributed by atoms with van der Waals surface area (Å²) in [5.41, 5.74) is 5.18. The van der Waals surface area contributed by atoms with E-state index in [-0.39, 0.29) is 80.6 Å². The van der Waals surface area contributed by atoms with Crippen LogP contribution in [0.25, 0.3) is 0 Å². The molecule has 0 amide bonds. The molecule has 0 bridgehead atoms. The molecule has 1 aromatic heterocycles. The van der Waals surface area contributed by atoms with Gasteiger partial charge in [0.15, 0.2) is 0 Å². The number of hydrogen-bond acceptors (Lipinski definition) is 14. The van der Waals surface area contributed by atoms with Crippen molar-refractivity contribution in [3.8, 4) is 6.19 Å². The highest BCUT2D eigenvalue weighted by atomic mass is 32.1. The Morgan fingerprint density at radius 3 is 0.949 bits per heavy atom. The van der Waals surface area contributed by atoms with Gasteiger partial charge in [-0.2, -0.15) is 19.0 Å². The molecule has 0 fully saturated rings. The quantitative estimate of drug-likeness (QED) is 0.0321. The fourth-order valence-corrected chi connectivity index (χ4v) is 8.01. The van der Waals surface area contributed by atoms with Crippen LogP contribution in [-0.4, -0.2) is 47.4 Å². The van der Waals surface area contributed by atoms with Gasteiger partial charge in [0, 0.05) is 58.4 Å². The van der Waals surface area contributed by atoms with Gasteiger partial charge in [-0.3, -0.25) is 38.9 Å². The lowest BCUT2D eigenvalue weighted by atomic mass is 9.85. The zero-order valence-corrected chi connectivity index (χ0v) is 57.5. The summed E-state index contributed by atoms with van der Waals surface area (Å²) in [4.78, 5) is 80.6. The molecule has 0 atom stereocenters. The van der Waals surface area contributed by atoms with Crippen LogP contribution in [0.4, 0.5) is 0 Å². The third kappa shape index (κ3) is 40.5. The Balaban J connectivity index is -0.000000193. The minimum absolute atomic E-state index is 0.157. The molecule has 0 aliphatic carbocycles. The molecular formula is C64H115N5O8S2. The van der Waals surface area contributed by atoms with Gasteiger partial charge in [-0.1, -0.05) is 234 Å². The van der Waals surface area contributed by atoms with Gasteiger partial charge < -0.3 is 0 Å². The second-order valence-electron chi connectivity index (χ2n) is 25.0. The number of carbonyl (C=O) groups is 4. The van der Waals surface area contributed by atoms with E-state index in [1.165, 1.54) is 28.0 Å². The number of rotatable bonds is 19. The fourth-order valence-electron chi connectivity index (χ4n) is 7.19. The smallest absolute Gasteiger partial charge is 0.234 e. The van der Waals surface area contributed by atoms with E-state index >= 15 is 0 Å². The van der Waals surface area contributed by atoms with Crippen LogP contribution in [0.5, 0.6) is 0 Å². The Hall–Kier alpha value is -4.29. The van der Waals surface area contributed by atoms with Gasteiger partial charge in [-0.15, -0.1) is 0 Å². The van der Waals surface area contributed by atoms with Crippen LogP contribution in [0, 0.1) is 92.6 Å². The molecule has 15 heteroatoms. The number of carbonyl (C=O) groups excluding carboxylic acids is 4. The summed E-state index contributed by atoms with van der Waals surface area (Å²) < 4.78 is 8.54. The average molecular weight is 1150 g/mol. The lowest BCUT2D eigenvalue weighted by molar-refractivity contribution is -0.404. The van der Waals surface area contributed by atoms with Crippen LogP contribution in [0.2, 0.25) is 0 Å². The van der Waals surface area contributed by atoms with E-state index < -0.39 is 0 Å². The van der Waals surface area contributed by atoms with Crippen LogP contribution >= 0.6 is 23.9 Å². The number of nitrogens with zero attached hydrogens (tertiary/aromatic N) is 5. The predicted octanol–water partition coefficient (Wildman–Crippen LogP) is 17.2. The Morgan fingerprint density at radius 2 is 0.835 bits per heavy atom. The van der Waals surface area contributed by atoms with Crippen LogP contribution in [0.15, 0.2) is 26.4 Å². The van der Waals surface area contributed by atoms with E-state index in [4.69, 9.17) is 17.5 Å². The SMILES string of the molecule is CC(C)C(=C[N+](=O)[O-])C(C)C.CC(C)C(=NC#N)C(C)C.CC(C)C(=O)C(=O)C(C)C.CC(C)C(=O)C(C)C.CC(C)C(=S)C(C)C.CC(C)CC(=O)C(C)C.CC(C)c1c(C(C)C)c(=O)c1=O.CC(C)c1nsnc1C(C)C. The van der Waals surface area contributed by atoms with Crippen LogP contribution in [-0.2, 0) is 19.2 Å². The summed E-state index contributed by atoms with van der Waals surface area (Å²) in [5, 5.41) is 18.4. The number of ketones is 4. The molecule has 13 nitrogen and oxygen atoms in total. The standard InChI is InChI=1S/C10H14O2.C8H14N2S.C8H14N2.C8H15NO2.C8H14O2.C8H16O.C7H14O.C7H14S/c1-5(2)7-8(6(3)4)10(12)9(7)11;1-5(2)7-8(6(3)4)10-11-9-7;1-6(2)8(7(3)4)10-5-9;1-6(2)8(7(3)4)5-9(10)11;1-5(2)7(9)8(10)6(3)4;1-6(2)5-8(9)7(3)4;2*1-5(2)7(8)6(3)4/h5-6H,1-4H3;5-6H,1-4H3;6-7H,1-4H3;5-7H,1-4H3;5-6H,1-4H3;6-7H,5H2,1-4H3;2*5-6H,1-4H3. The lowest BCUT2D eigenvalue weighted by Gasteiger charge is -2.16. The van der Waals surface area contributed by atoms with Crippen LogP contribution in [0.1, 0.15) is 274 Å². The van der Waals surface area contributed by atoms with Gasteiger partial charge in [0.2, 0.25) is 34.8 Å². The first kappa shape index (κ1) is 86.0. The molecule has 0 saturated carbocycles. The number of thiocarbonyl (C=S) groups is 1. The van der Waals surface area contributed by atoms with Crippen molar-refractivity contribution >= 4 is 57.7 Å². The molecule has 456 valence electrons. The summed E-state index contributed by atoms with van der Waals surface area (Å²) >= 11 is 6.42. The first-order valence-corrected chi connectivity index (χ1v) is 30.0. The number of hydrogen-bond donors (Lipinski definition) is 0. The molecule has 1 aromatic carbocycles. The van der Waals surface area contributed by atoms with Crippen molar-refractivity contribution < 1.29 is 24.1 Å². The first-order chi connectivity index (χ1) is 35.7. The van der Waals surface area contributed by atoms with Crippen molar-refractivity contribution in [1.82, 2.24) is 8.75 Å². The average Bonchev–Trinajstić information content (AvgIpc) is 3.82. The molecule has 0 unspecified atom stereocenters. The normalized spacial score (nSPS) is 10.8. The van der Waals surface area contributed by atoms with Gasteiger partial charge in [0.25, 0.3) is 0 Å². The molecule has 79 heavy (non-hydrogen) atoms. The maximum atomic E-state index is 11.1. The molecule has 0 spiro atoms. The maximum Gasteiger partial charge on any atom is 0.234 e. The molecular weight excluding hydrogens is 1030 g/mol. The largest absolute Gasteiger partial charge is 0.299 e. The molecule has 0 N–H and O–H groups in total. The summed E-state index contributed by atoms with van der Waals surface area (Å²) in [5.74, 6) is 4.88. The Bertz CT molecular complexity index is 2100. The van der Waals surface area contributed by atoms with Gasteiger partial charge in [-0.25, -0.2) is 0 Å². The van der Waals surface area contributed by atoms with E-state index in [9.17, 15) is 38.9 Å². The molecule has 0 aliphatic rings. The summed E-state index contributed by atoms with van der Waals surface area (Å²) in [7, 11) is 0. The van der Waals surface area contributed by atoms with E-state index in [2.05, 4.69) is 111 Å². The minimum Gasteiger partial charge on any atom is -0.299 e. The van der Waals surface area contributed by atoms with Crippen molar-refractivity contribution in [2.75, 3.05) is 0 Å². The third-order valence-corrected chi connectivity index (χ3v) is 13.0. The maximum absolute atomic E-state index is 11.1. The van der Waals surface area contributed by atoms with Crippen LogP contribution < -0.4 is 10.9 Å². The highest BCUT2D eigenvalue weighted by molar-refractivity contribution is 7.80.